The molecule has 156 valence electrons. The molecule has 0 unspecified atom stereocenters. The van der Waals surface area contributed by atoms with Gasteiger partial charge >= 0.3 is 0 Å². The largest absolute Gasteiger partial charge is 0.342 e. The van der Waals surface area contributed by atoms with Gasteiger partial charge in [-0.15, -0.1) is 10.2 Å². The van der Waals surface area contributed by atoms with Crippen molar-refractivity contribution in [1.82, 2.24) is 19.7 Å². The highest BCUT2D eigenvalue weighted by atomic mass is 32.2. The van der Waals surface area contributed by atoms with Crippen molar-refractivity contribution in [1.29, 1.82) is 0 Å². The molecule has 2 heterocycles. The molecule has 0 aliphatic carbocycles. The summed E-state index contributed by atoms with van der Waals surface area (Å²) in [5.41, 5.74) is 2.32. The normalized spacial score (nSPS) is 14.5. The van der Waals surface area contributed by atoms with Crippen LogP contribution in [0.15, 0.2) is 65.8 Å². The zero-order valence-corrected chi connectivity index (χ0v) is 18.1. The third kappa shape index (κ3) is 5.30. The topological polar surface area (TPSA) is 51.0 Å². The number of rotatable bonds is 7. The fraction of sp³-hybridized carbons (Fsp3) is 0.375. The molecule has 0 N–H and O–H groups in total. The molecule has 0 bridgehead atoms. The Morgan fingerprint density at radius 1 is 0.833 bits per heavy atom. The third-order valence-corrected chi connectivity index (χ3v) is 6.39. The van der Waals surface area contributed by atoms with Crippen molar-refractivity contribution in [2.24, 2.45) is 0 Å². The second kappa shape index (κ2) is 10.4. The average molecular weight is 421 g/mol. The fourth-order valence-electron chi connectivity index (χ4n) is 3.83. The Labute approximate surface area is 182 Å². The Bertz CT molecular complexity index is 934. The van der Waals surface area contributed by atoms with E-state index in [1.807, 2.05) is 29.2 Å². The van der Waals surface area contributed by atoms with E-state index in [4.69, 9.17) is 0 Å². The summed E-state index contributed by atoms with van der Waals surface area (Å²) in [6, 6.07) is 20.6. The molecule has 1 amide bonds. The number of amides is 1. The number of carbonyl (C=O) groups is 1. The number of likely N-dealkylation sites (tertiary alicyclic amines) is 1. The predicted molar refractivity (Wildman–Crippen MR) is 121 cm³/mol. The van der Waals surface area contributed by atoms with Crippen molar-refractivity contribution in [2.45, 2.75) is 43.7 Å². The average Bonchev–Trinajstić information content (AvgIpc) is 3.00. The van der Waals surface area contributed by atoms with Gasteiger partial charge in [-0.2, -0.15) is 0 Å². The molecule has 2 aromatic carbocycles. The van der Waals surface area contributed by atoms with E-state index in [1.54, 1.807) is 0 Å². The quantitative estimate of drug-likeness (QED) is 0.526. The van der Waals surface area contributed by atoms with Gasteiger partial charge in [-0.25, -0.2) is 0 Å². The van der Waals surface area contributed by atoms with Crippen LogP contribution < -0.4 is 0 Å². The Morgan fingerprint density at radius 2 is 1.50 bits per heavy atom. The van der Waals surface area contributed by atoms with Gasteiger partial charge in [0, 0.05) is 25.2 Å². The molecular weight excluding hydrogens is 392 g/mol. The lowest BCUT2D eigenvalue weighted by atomic mass is 10.1. The number of thioether (sulfide) groups is 1. The van der Waals surface area contributed by atoms with E-state index in [9.17, 15) is 4.79 Å². The molecule has 1 saturated heterocycles. The van der Waals surface area contributed by atoms with Crippen molar-refractivity contribution in [2.75, 3.05) is 18.8 Å². The summed E-state index contributed by atoms with van der Waals surface area (Å²) in [6.07, 6.45) is 6.38. The summed E-state index contributed by atoms with van der Waals surface area (Å²) in [7, 11) is 0. The standard InChI is InChI=1S/C24H28N4OS/c29-23(27-17-9-1-2-10-18-27)19-30-24-26-25-22(16-15-20-11-5-3-6-12-20)28(24)21-13-7-4-8-14-21/h3-8,11-14H,1-2,9-10,15-19H2. The molecule has 6 heteroatoms. The summed E-state index contributed by atoms with van der Waals surface area (Å²) in [6.45, 7) is 1.76. The molecule has 0 saturated carbocycles. The van der Waals surface area contributed by atoms with Crippen LogP contribution in [-0.2, 0) is 17.6 Å². The van der Waals surface area contributed by atoms with Gasteiger partial charge in [-0.3, -0.25) is 9.36 Å². The van der Waals surface area contributed by atoms with Gasteiger partial charge in [-0.05, 0) is 37.0 Å². The van der Waals surface area contributed by atoms with Crippen LogP contribution in [0.3, 0.4) is 0 Å². The van der Waals surface area contributed by atoms with Crippen molar-refractivity contribution < 1.29 is 4.79 Å². The lowest BCUT2D eigenvalue weighted by Gasteiger charge is -2.20. The minimum Gasteiger partial charge on any atom is -0.342 e. The number of carbonyl (C=O) groups excluding carboxylic acids is 1. The third-order valence-electron chi connectivity index (χ3n) is 5.48. The maximum Gasteiger partial charge on any atom is 0.233 e. The van der Waals surface area contributed by atoms with E-state index in [2.05, 4.69) is 51.2 Å². The second-order valence-electron chi connectivity index (χ2n) is 7.64. The predicted octanol–water partition coefficient (Wildman–Crippen LogP) is 4.55. The van der Waals surface area contributed by atoms with Crippen molar-refractivity contribution in [3.63, 3.8) is 0 Å². The maximum atomic E-state index is 12.7. The molecule has 4 rings (SSSR count). The van der Waals surface area contributed by atoms with E-state index >= 15 is 0 Å². The van der Waals surface area contributed by atoms with Crippen LogP contribution in [0.25, 0.3) is 5.69 Å². The molecule has 1 fully saturated rings. The summed E-state index contributed by atoms with van der Waals surface area (Å²) in [5.74, 6) is 1.54. The van der Waals surface area contributed by atoms with E-state index in [0.29, 0.717) is 5.75 Å². The van der Waals surface area contributed by atoms with Gasteiger partial charge in [0.15, 0.2) is 5.16 Å². The first-order chi connectivity index (χ1) is 14.8. The van der Waals surface area contributed by atoms with Gasteiger partial charge in [0.25, 0.3) is 0 Å². The minimum atomic E-state index is 0.204. The summed E-state index contributed by atoms with van der Waals surface area (Å²) < 4.78 is 2.10. The molecule has 3 aromatic rings. The van der Waals surface area contributed by atoms with E-state index in [0.717, 1.165) is 55.4 Å². The molecular formula is C24H28N4OS. The monoisotopic (exact) mass is 420 g/mol. The molecule has 1 aliphatic heterocycles. The first-order valence-corrected chi connectivity index (χ1v) is 11.7. The summed E-state index contributed by atoms with van der Waals surface area (Å²) in [5, 5.41) is 9.71. The number of hydrogen-bond acceptors (Lipinski definition) is 4. The van der Waals surface area contributed by atoms with Gasteiger partial charge in [-0.1, -0.05) is 73.1 Å². The van der Waals surface area contributed by atoms with Crippen LogP contribution in [-0.4, -0.2) is 44.4 Å². The highest BCUT2D eigenvalue weighted by Crippen LogP contribution is 2.24. The van der Waals surface area contributed by atoms with Crippen LogP contribution in [0.4, 0.5) is 0 Å². The Morgan fingerprint density at radius 3 is 2.20 bits per heavy atom. The molecule has 0 atom stereocenters. The number of aryl methyl sites for hydroxylation is 2. The van der Waals surface area contributed by atoms with Gasteiger partial charge in [0.05, 0.1) is 5.75 Å². The smallest absolute Gasteiger partial charge is 0.233 e. The van der Waals surface area contributed by atoms with Crippen molar-refractivity contribution >= 4 is 17.7 Å². The maximum absolute atomic E-state index is 12.7. The van der Waals surface area contributed by atoms with Crippen LogP contribution in [0.2, 0.25) is 0 Å². The first kappa shape index (κ1) is 20.7. The van der Waals surface area contributed by atoms with Crippen molar-refractivity contribution in [3.8, 4) is 5.69 Å². The Hall–Kier alpha value is -2.60. The van der Waals surface area contributed by atoms with E-state index in [-0.39, 0.29) is 5.91 Å². The molecule has 1 aromatic heterocycles. The zero-order valence-electron chi connectivity index (χ0n) is 17.2. The minimum absolute atomic E-state index is 0.204. The van der Waals surface area contributed by atoms with E-state index < -0.39 is 0 Å². The molecule has 1 aliphatic rings. The molecule has 0 spiro atoms. The van der Waals surface area contributed by atoms with E-state index in [1.165, 1.54) is 30.2 Å². The van der Waals surface area contributed by atoms with Crippen molar-refractivity contribution in [3.05, 3.63) is 72.1 Å². The molecule has 0 radical (unpaired) electrons. The van der Waals surface area contributed by atoms with Gasteiger partial charge in [0.1, 0.15) is 5.82 Å². The number of benzene rings is 2. The number of aromatic nitrogens is 3. The zero-order chi connectivity index (χ0) is 20.6. The van der Waals surface area contributed by atoms with Gasteiger partial charge < -0.3 is 4.90 Å². The lowest BCUT2D eigenvalue weighted by molar-refractivity contribution is -0.128. The highest BCUT2D eigenvalue weighted by Gasteiger charge is 2.19. The Kier molecular flexibility index (Phi) is 7.19. The lowest BCUT2D eigenvalue weighted by Crippen LogP contribution is -2.33. The second-order valence-corrected chi connectivity index (χ2v) is 8.58. The van der Waals surface area contributed by atoms with Crippen LogP contribution in [0.5, 0.6) is 0 Å². The van der Waals surface area contributed by atoms with Crippen LogP contribution in [0, 0.1) is 0 Å². The first-order valence-electron chi connectivity index (χ1n) is 10.8. The highest BCUT2D eigenvalue weighted by molar-refractivity contribution is 7.99. The number of hydrogen-bond donors (Lipinski definition) is 0. The van der Waals surface area contributed by atoms with Crippen LogP contribution >= 0.6 is 11.8 Å². The summed E-state index contributed by atoms with van der Waals surface area (Å²) in [4.78, 5) is 14.8. The van der Waals surface area contributed by atoms with Gasteiger partial charge in [0.2, 0.25) is 5.91 Å². The molecule has 30 heavy (non-hydrogen) atoms. The Balaban J connectivity index is 1.49. The summed E-state index contributed by atoms with van der Waals surface area (Å²) >= 11 is 1.49. The van der Waals surface area contributed by atoms with Crippen LogP contribution in [0.1, 0.15) is 37.1 Å². The SMILES string of the molecule is O=C(CSc1nnc(CCc2ccccc2)n1-c1ccccc1)N1CCCCCC1. The molecule has 5 nitrogen and oxygen atoms in total. The number of para-hydroxylation sites is 1. The number of nitrogens with zero attached hydrogens (tertiary/aromatic N) is 4. The fourth-order valence-corrected chi connectivity index (χ4v) is 4.70.